The third kappa shape index (κ3) is 2.18. The highest BCUT2D eigenvalue weighted by Crippen LogP contribution is 2.27. The molecular weight excluding hydrogens is 238 g/mol. The van der Waals surface area contributed by atoms with E-state index in [-0.39, 0.29) is 0 Å². The molecule has 19 heavy (non-hydrogen) atoms. The smallest absolute Gasteiger partial charge is 0.123 e. The Balaban J connectivity index is 2.11. The van der Waals surface area contributed by atoms with Gasteiger partial charge in [-0.25, -0.2) is 0 Å². The van der Waals surface area contributed by atoms with Gasteiger partial charge in [-0.15, -0.1) is 0 Å². The van der Waals surface area contributed by atoms with Crippen molar-refractivity contribution in [3.8, 4) is 0 Å². The summed E-state index contributed by atoms with van der Waals surface area (Å²) in [7, 11) is 0. The first-order valence-corrected chi connectivity index (χ1v) is 6.05. The van der Waals surface area contributed by atoms with E-state index < -0.39 is 6.10 Å². The van der Waals surface area contributed by atoms with Crippen LogP contribution in [0.2, 0.25) is 0 Å². The zero-order valence-electron chi connectivity index (χ0n) is 10.5. The Bertz CT molecular complexity index is 705. The van der Waals surface area contributed by atoms with Gasteiger partial charge in [-0.05, 0) is 23.9 Å². The summed E-state index contributed by atoms with van der Waals surface area (Å²) in [6.07, 6.45) is 6.00. The van der Waals surface area contributed by atoms with Gasteiger partial charge in [-0.1, -0.05) is 18.2 Å². The molecule has 0 saturated carbocycles. The Morgan fingerprint density at radius 1 is 1.05 bits per heavy atom. The molecule has 1 N–H and O–H groups in total. The molecule has 1 aromatic carbocycles. The minimum atomic E-state index is -0.779. The Morgan fingerprint density at radius 3 is 2.74 bits per heavy atom. The van der Waals surface area contributed by atoms with Crippen LogP contribution in [0.3, 0.4) is 0 Å². The summed E-state index contributed by atoms with van der Waals surface area (Å²) in [5, 5.41) is 12.4. The number of aryl methyl sites for hydroxylation is 1. The lowest BCUT2D eigenvalue weighted by Gasteiger charge is -2.12. The van der Waals surface area contributed by atoms with Crippen molar-refractivity contribution < 1.29 is 5.11 Å². The van der Waals surface area contributed by atoms with Crippen molar-refractivity contribution in [3.05, 3.63) is 66.0 Å². The Morgan fingerprint density at radius 2 is 1.95 bits per heavy atom. The van der Waals surface area contributed by atoms with E-state index in [4.69, 9.17) is 0 Å². The number of rotatable bonds is 2. The van der Waals surface area contributed by atoms with Crippen LogP contribution < -0.4 is 0 Å². The van der Waals surface area contributed by atoms with Gasteiger partial charge in [0.05, 0.1) is 17.6 Å². The van der Waals surface area contributed by atoms with Crippen molar-refractivity contribution >= 4 is 10.8 Å². The number of hydrogen-bond acceptors (Lipinski definition) is 4. The van der Waals surface area contributed by atoms with E-state index in [2.05, 4.69) is 15.0 Å². The zero-order valence-corrected chi connectivity index (χ0v) is 10.5. The van der Waals surface area contributed by atoms with E-state index in [1.165, 1.54) is 0 Å². The van der Waals surface area contributed by atoms with Gasteiger partial charge in [-0.3, -0.25) is 15.0 Å². The quantitative estimate of drug-likeness (QED) is 0.760. The van der Waals surface area contributed by atoms with Crippen LogP contribution in [0.4, 0.5) is 0 Å². The van der Waals surface area contributed by atoms with Gasteiger partial charge in [-0.2, -0.15) is 0 Å². The SMILES string of the molecule is Cc1cnc(C(O)c2cccc3cnccc23)cn1. The number of pyridine rings is 1. The standard InChI is InChI=1S/C15H13N3O/c1-10-7-18-14(9-17-10)15(19)13-4-2-3-11-8-16-6-5-12(11)13/h2-9,15,19H,1H3. The molecule has 3 aromatic rings. The Kier molecular flexibility index (Phi) is 2.93. The maximum atomic E-state index is 10.5. The van der Waals surface area contributed by atoms with Crippen molar-refractivity contribution in [1.29, 1.82) is 0 Å². The van der Waals surface area contributed by atoms with Crippen molar-refractivity contribution in [2.45, 2.75) is 13.0 Å². The average molecular weight is 251 g/mol. The third-order valence-electron chi connectivity index (χ3n) is 3.09. The molecule has 0 fully saturated rings. The molecule has 1 unspecified atom stereocenters. The van der Waals surface area contributed by atoms with E-state index >= 15 is 0 Å². The summed E-state index contributed by atoms with van der Waals surface area (Å²) < 4.78 is 0. The molecule has 4 heteroatoms. The molecule has 94 valence electrons. The number of fused-ring (bicyclic) bond motifs is 1. The average Bonchev–Trinajstić information content (AvgIpc) is 2.47. The second kappa shape index (κ2) is 4.74. The van der Waals surface area contributed by atoms with Gasteiger partial charge < -0.3 is 5.11 Å². The minimum absolute atomic E-state index is 0.551. The lowest BCUT2D eigenvalue weighted by atomic mass is 10.0. The van der Waals surface area contributed by atoms with E-state index in [1.54, 1.807) is 24.8 Å². The van der Waals surface area contributed by atoms with Crippen LogP contribution in [0.25, 0.3) is 10.8 Å². The highest BCUT2D eigenvalue weighted by atomic mass is 16.3. The van der Waals surface area contributed by atoms with Crippen molar-refractivity contribution in [2.75, 3.05) is 0 Å². The summed E-state index contributed by atoms with van der Waals surface area (Å²) in [5.74, 6) is 0. The molecule has 2 aromatic heterocycles. The number of aromatic nitrogens is 3. The highest BCUT2D eigenvalue weighted by Gasteiger charge is 2.14. The fourth-order valence-corrected chi connectivity index (χ4v) is 2.09. The molecule has 0 aliphatic rings. The third-order valence-corrected chi connectivity index (χ3v) is 3.09. The molecule has 4 nitrogen and oxygen atoms in total. The summed E-state index contributed by atoms with van der Waals surface area (Å²) in [4.78, 5) is 12.5. The lowest BCUT2D eigenvalue weighted by Crippen LogP contribution is -2.04. The monoisotopic (exact) mass is 251 g/mol. The molecule has 2 heterocycles. The predicted octanol–water partition coefficient (Wildman–Crippen LogP) is 2.41. The number of aliphatic hydroxyl groups is 1. The fourth-order valence-electron chi connectivity index (χ4n) is 2.09. The minimum Gasteiger partial charge on any atom is -0.382 e. The van der Waals surface area contributed by atoms with Crippen LogP contribution in [0.5, 0.6) is 0 Å². The summed E-state index contributed by atoms with van der Waals surface area (Å²) >= 11 is 0. The topological polar surface area (TPSA) is 58.9 Å². The van der Waals surface area contributed by atoms with Crippen LogP contribution >= 0.6 is 0 Å². The van der Waals surface area contributed by atoms with Gasteiger partial charge in [0, 0.05) is 24.0 Å². The molecule has 3 rings (SSSR count). The van der Waals surface area contributed by atoms with Gasteiger partial charge in [0.2, 0.25) is 0 Å². The number of nitrogens with zero attached hydrogens (tertiary/aromatic N) is 3. The summed E-state index contributed by atoms with van der Waals surface area (Å²) in [5.41, 5.74) is 2.20. The number of benzene rings is 1. The van der Waals surface area contributed by atoms with Gasteiger partial charge in [0.15, 0.2) is 0 Å². The van der Waals surface area contributed by atoms with E-state index in [0.29, 0.717) is 5.69 Å². The molecule has 0 saturated heterocycles. The molecule has 0 amide bonds. The van der Waals surface area contributed by atoms with Crippen LogP contribution in [-0.2, 0) is 0 Å². The van der Waals surface area contributed by atoms with Crippen molar-refractivity contribution in [1.82, 2.24) is 15.0 Å². The lowest BCUT2D eigenvalue weighted by molar-refractivity contribution is 0.216. The zero-order chi connectivity index (χ0) is 13.2. The molecule has 0 aliphatic heterocycles. The molecular formula is C15H13N3O. The first-order chi connectivity index (χ1) is 9.25. The fraction of sp³-hybridized carbons (Fsp3) is 0.133. The van der Waals surface area contributed by atoms with Crippen molar-refractivity contribution in [3.63, 3.8) is 0 Å². The number of hydrogen-bond donors (Lipinski definition) is 1. The van der Waals surface area contributed by atoms with Gasteiger partial charge >= 0.3 is 0 Å². The van der Waals surface area contributed by atoms with Crippen LogP contribution in [0, 0.1) is 6.92 Å². The highest BCUT2D eigenvalue weighted by molar-refractivity contribution is 5.85. The van der Waals surface area contributed by atoms with Crippen LogP contribution in [0.1, 0.15) is 23.1 Å². The van der Waals surface area contributed by atoms with E-state index in [1.807, 2.05) is 31.2 Å². The Hall–Kier alpha value is -2.33. The second-order valence-electron chi connectivity index (χ2n) is 4.43. The van der Waals surface area contributed by atoms with Crippen LogP contribution in [-0.4, -0.2) is 20.1 Å². The maximum absolute atomic E-state index is 10.5. The molecule has 0 bridgehead atoms. The summed E-state index contributed by atoms with van der Waals surface area (Å²) in [6.45, 7) is 1.87. The Labute approximate surface area is 110 Å². The largest absolute Gasteiger partial charge is 0.382 e. The molecule has 0 aliphatic carbocycles. The molecule has 0 radical (unpaired) electrons. The first-order valence-electron chi connectivity index (χ1n) is 6.05. The van der Waals surface area contributed by atoms with E-state index in [0.717, 1.165) is 22.0 Å². The maximum Gasteiger partial charge on any atom is 0.123 e. The van der Waals surface area contributed by atoms with Gasteiger partial charge in [0.25, 0.3) is 0 Å². The van der Waals surface area contributed by atoms with Gasteiger partial charge in [0.1, 0.15) is 6.10 Å². The van der Waals surface area contributed by atoms with Crippen molar-refractivity contribution in [2.24, 2.45) is 0 Å². The predicted molar refractivity (Wildman–Crippen MR) is 72.6 cm³/mol. The van der Waals surface area contributed by atoms with Crippen LogP contribution in [0.15, 0.2) is 49.1 Å². The summed E-state index contributed by atoms with van der Waals surface area (Å²) in [6, 6.07) is 7.67. The first kappa shape index (κ1) is 11.7. The molecule has 1 atom stereocenters. The molecule has 0 spiro atoms. The van der Waals surface area contributed by atoms with E-state index in [9.17, 15) is 5.11 Å². The second-order valence-corrected chi connectivity index (χ2v) is 4.43. The number of aliphatic hydroxyl groups excluding tert-OH is 1. The normalized spacial score (nSPS) is 12.5.